The van der Waals surface area contributed by atoms with Gasteiger partial charge in [0.1, 0.15) is 11.1 Å². The van der Waals surface area contributed by atoms with E-state index in [2.05, 4.69) is 17.2 Å². The van der Waals surface area contributed by atoms with Gasteiger partial charge in [-0.1, -0.05) is 25.8 Å². The average molecular weight is 391 g/mol. The van der Waals surface area contributed by atoms with E-state index in [0.717, 1.165) is 35.4 Å². The van der Waals surface area contributed by atoms with E-state index < -0.39 is 17.2 Å². The van der Waals surface area contributed by atoms with Gasteiger partial charge in [-0.3, -0.25) is 0 Å². The van der Waals surface area contributed by atoms with Crippen LogP contribution in [0.15, 0.2) is 22.6 Å². The van der Waals surface area contributed by atoms with Crippen LogP contribution in [0.1, 0.15) is 71.8 Å². The second-order valence-corrected chi connectivity index (χ2v) is 8.71. The summed E-state index contributed by atoms with van der Waals surface area (Å²) in [5.41, 5.74) is 1.41. The third-order valence-electron chi connectivity index (χ3n) is 4.61. The zero-order valence-electron chi connectivity index (χ0n) is 17.8. The van der Waals surface area contributed by atoms with Gasteiger partial charge in [-0.25, -0.2) is 9.78 Å². The lowest BCUT2D eigenvalue weighted by atomic mass is 9.94. The Balaban J connectivity index is 1.99. The van der Waals surface area contributed by atoms with E-state index >= 15 is 0 Å². The first kappa shape index (κ1) is 22.2. The molecule has 6 heteroatoms. The van der Waals surface area contributed by atoms with Crippen molar-refractivity contribution in [2.45, 2.75) is 84.3 Å². The summed E-state index contributed by atoms with van der Waals surface area (Å²) in [4.78, 5) is 16.7. The number of ether oxygens (including phenoxy) is 1. The van der Waals surface area contributed by atoms with Crippen molar-refractivity contribution in [1.29, 1.82) is 0 Å². The molecule has 0 bridgehead atoms. The average Bonchev–Trinajstić information content (AvgIpc) is 3.00. The van der Waals surface area contributed by atoms with E-state index in [1.165, 1.54) is 12.8 Å². The molecule has 1 atom stereocenters. The van der Waals surface area contributed by atoms with Gasteiger partial charge in [0.15, 0.2) is 11.5 Å². The van der Waals surface area contributed by atoms with Crippen molar-refractivity contribution in [3.8, 4) is 0 Å². The molecule has 0 spiro atoms. The summed E-state index contributed by atoms with van der Waals surface area (Å²) in [5.74, 6) is 0.785. The second-order valence-electron chi connectivity index (χ2n) is 8.71. The van der Waals surface area contributed by atoms with Crippen molar-refractivity contribution >= 4 is 17.2 Å². The standard InChI is InChI=1S/C22H34N2O4/c1-6-7-8-9-19-23-17-14-16(10-11-18(17)27-19)12-13-22(5,15-25)24-20(26)28-21(2,3)4/h10-11,14,25H,6-9,12-13,15H2,1-5H3,(H,24,26). The number of benzene rings is 1. The Morgan fingerprint density at radius 2 is 1.96 bits per heavy atom. The van der Waals surface area contributed by atoms with Crippen molar-refractivity contribution in [2.24, 2.45) is 0 Å². The van der Waals surface area contributed by atoms with E-state index in [1.807, 2.05) is 45.9 Å². The Labute approximate surface area is 167 Å². The van der Waals surface area contributed by atoms with Gasteiger partial charge in [-0.2, -0.15) is 0 Å². The van der Waals surface area contributed by atoms with Crippen LogP contribution in [0.4, 0.5) is 4.79 Å². The maximum Gasteiger partial charge on any atom is 0.408 e. The quantitative estimate of drug-likeness (QED) is 0.603. The number of amides is 1. The Morgan fingerprint density at radius 1 is 1.21 bits per heavy atom. The van der Waals surface area contributed by atoms with Gasteiger partial charge in [0.05, 0.1) is 12.1 Å². The summed E-state index contributed by atoms with van der Waals surface area (Å²) in [7, 11) is 0. The lowest BCUT2D eigenvalue weighted by Crippen LogP contribution is -2.50. The molecule has 0 radical (unpaired) electrons. The highest BCUT2D eigenvalue weighted by atomic mass is 16.6. The molecule has 28 heavy (non-hydrogen) atoms. The summed E-state index contributed by atoms with van der Waals surface area (Å²) in [6.45, 7) is 9.26. The monoisotopic (exact) mass is 390 g/mol. The molecule has 1 heterocycles. The second kappa shape index (κ2) is 9.41. The van der Waals surface area contributed by atoms with Crippen LogP contribution < -0.4 is 5.32 Å². The van der Waals surface area contributed by atoms with Crippen molar-refractivity contribution in [2.75, 3.05) is 6.61 Å². The number of oxazole rings is 1. The number of hydrogen-bond donors (Lipinski definition) is 2. The zero-order valence-corrected chi connectivity index (χ0v) is 17.8. The Bertz CT molecular complexity index is 778. The van der Waals surface area contributed by atoms with Crippen molar-refractivity contribution in [1.82, 2.24) is 10.3 Å². The topological polar surface area (TPSA) is 84.6 Å². The molecule has 0 fully saturated rings. The first-order valence-corrected chi connectivity index (χ1v) is 10.1. The number of nitrogens with zero attached hydrogens (tertiary/aromatic N) is 1. The van der Waals surface area contributed by atoms with Crippen LogP contribution in [-0.4, -0.2) is 33.9 Å². The molecular formula is C22H34N2O4. The number of aromatic nitrogens is 1. The van der Waals surface area contributed by atoms with E-state index in [-0.39, 0.29) is 6.61 Å². The Kier molecular flexibility index (Phi) is 7.47. The number of aryl methyl sites for hydroxylation is 2. The van der Waals surface area contributed by atoms with Crippen LogP contribution in [0, 0.1) is 0 Å². The Hall–Kier alpha value is -2.08. The molecule has 0 aliphatic carbocycles. The minimum absolute atomic E-state index is 0.167. The highest BCUT2D eigenvalue weighted by Crippen LogP contribution is 2.21. The number of hydrogen-bond acceptors (Lipinski definition) is 5. The lowest BCUT2D eigenvalue weighted by Gasteiger charge is -2.30. The maximum atomic E-state index is 12.1. The van der Waals surface area contributed by atoms with Crippen LogP contribution in [0.5, 0.6) is 0 Å². The SMILES string of the molecule is CCCCCc1nc2cc(CCC(C)(CO)NC(=O)OC(C)(C)C)ccc2o1. The number of carbonyl (C=O) groups excluding carboxylic acids is 1. The number of fused-ring (bicyclic) bond motifs is 1. The fourth-order valence-electron chi connectivity index (χ4n) is 2.96. The summed E-state index contributed by atoms with van der Waals surface area (Å²) < 4.78 is 11.1. The number of rotatable bonds is 9. The minimum Gasteiger partial charge on any atom is -0.444 e. The molecule has 2 aromatic rings. The molecule has 0 saturated carbocycles. The first-order valence-electron chi connectivity index (χ1n) is 10.1. The van der Waals surface area contributed by atoms with Crippen LogP contribution in [-0.2, 0) is 17.6 Å². The fourth-order valence-corrected chi connectivity index (χ4v) is 2.96. The molecule has 1 unspecified atom stereocenters. The molecule has 1 aromatic carbocycles. The lowest BCUT2D eigenvalue weighted by molar-refractivity contribution is 0.0407. The number of nitrogens with one attached hydrogen (secondary N) is 1. The van der Waals surface area contributed by atoms with Crippen LogP contribution in [0.25, 0.3) is 11.1 Å². The molecule has 2 N–H and O–H groups in total. The summed E-state index contributed by atoms with van der Waals surface area (Å²) in [6.07, 6.45) is 5.05. The van der Waals surface area contributed by atoms with E-state index in [0.29, 0.717) is 12.8 Å². The Morgan fingerprint density at radius 3 is 2.61 bits per heavy atom. The molecule has 156 valence electrons. The van der Waals surface area contributed by atoms with Crippen molar-refractivity contribution < 1.29 is 19.1 Å². The number of aliphatic hydroxyl groups excluding tert-OH is 1. The van der Waals surface area contributed by atoms with Crippen LogP contribution >= 0.6 is 0 Å². The zero-order chi connectivity index (χ0) is 20.8. The molecule has 0 saturated heterocycles. The summed E-state index contributed by atoms with van der Waals surface area (Å²) in [5, 5.41) is 12.6. The van der Waals surface area contributed by atoms with Gasteiger partial charge in [0.25, 0.3) is 0 Å². The summed E-state index contributed by atoms with van der Waals surface area (Å²) in [6, 6.07) is 5.97. The molecule has 6 nitrogen and oxygen atoms in total. The summed E-state index contributed by atoms with van der Waals surface area (Å²) >= 11 is 0. The minimum atomic E-state index is -0.758. The third kappa shape index (κ3) is 6.82. The number of carbonyl (C=O) groups is 1. The molecular weight excluding hydrogens is 356 g/mol. The van der Waals surface area contributed by atoms with Gasteiger partial charge in [-0.15, -0.1) is 0 Å². The normalized spacial score (nSPS) is 14.1. The van der Waals surface area contributed by atoms with E-state index in [4.69, 9.17) is 9.15 Å². The highest BCUT2D eigenvalue weighted by molar-refractivity contribution is 5.73. The van der Waals surface area contributed by atoms with Crippen LogP contribution in [0.2, 0.25) is 0 Å². The van der Waals surface area contributed by atoms with E-state index in [1.54, 1.807) is 0 Å². The smallest absolute Gasteiger partial charge is 0.408 e. The number of unbranched alkanes of at least 4 members (excludes halogenated alkanes) is 2. The van der Waals surface area contributed by atoms with Gasteiger partial charge >= 0.3 is 6.09 Å². The number of alkyl carbamates (subject to hydrolysis) is 1. The van der Waals surface area contributed by atoms with Gasteiger partial charge in [0, 0.05) is 6.42 Å². The van der Waals surface area contributed by atoms with E-state index in [9.17, 15) is 9.90 Å². The molecule has 0 aliphatic rings. The third-order valence-corrected chi connectivity index (χ3v) is 4.61. The molecule has 2 rings (SSSR count). The molecule has 0 aliphatic heterocycles. The predicted molar refractivity (Wildman–Crippen MR) is 110 cm³/mol. The molecule has 1 aromatic heterocycles. The van der Waals surface area contributed by atoms with Gasteiger partial charge in [0.2, 0.25) is 0 Å². The maximum absolute atomic E-state index is 12.1. The van der Waals surface area contributed by atoms with Crippen molar-refractivity contribution in [3.63, 3.8) is 0 Å². The largest absolute Gasteiger partial charge is 0.444 e. The highest BCUT2D eigenvalue weighted by Gasteiger charge is 2.28. The number of aliphatic hydroxyl groups is 1. The predicted octanol–water partition coefficient (Wildman–Crippen LogP) is 4.77. The first-order chi connectivity index (χ1) is 13.1. The van der Waals surface area contributed by atoms with Crippen LogP contribution in [0.3, 0.4) is 0 Å². The van der Waals surface area contributed by atoms with Crippen molar-refractivity contribution in [3.05, 3.63) is 29.7 Å². The van der Waals surface area contributed by atoms with Gasteiger partial charge < -0.3 is 19.6 Å². The molecule has 1 amide bonds. The fraction of sp³-hybridized carbons (Fsp3) is 0.636. The van der Waals surface area contributed by atoms with Gasteiger partial charge in [-0.05, 0) is 64.7 Å².